The Kier molecular flexibility index (Phi) is 5.79. The van der Waals surface area contributed by atoms with E-state index < -0.39 is 41.8 Å². The van der Waals surface area contributed by atoms with E-state index in [0.717, 1.165) is 29.6 Å². The van der Waals surface area contributed by atoms with Crippen LogP contribution in [0.3, 0.4) is 0 Å². The molecule has 0 aliphatic heterocycles. The molecule has 0 spiro atoms. The molecule has 0 saturated carbocycles. The highest BCUT2D eigenvalue weighted by Crippen LogP contribution is 2.41. The molecule has 146 valence electrons. The molecule has 0 aliphatic rings. The SMILES string of the molecule is O=C(NC(NCc1ccccc1)(C(F)(F)F)C(F)(F)F)c1ccc(F)cc1. The first-order valence-corrected chi connectivity index (χ1v) is 7.47. The summed E-state index contributed by atoms with van der Waals surface area (Å²) in [5.74, 6) is -2.46. The van der Waals surface area contributed by atoms with Crippen LogP contribution in [0.1, 0.15) is 15.9 Å². The van der Waals surface area contributed by atoms with Gasteiger partial charge in [0, 0.05) is 12.1 Å². The highest BCUT2D eigenvalue weighted by atomic mass is 19.4. The standard InChI is InChI=1S/C17H13F7N2O/c18-13-8-6-12(7-9-13)14(27)26-15(16(19,20)21,17(22,23)24)25-10-11-4-2-1-3-5-11/h1-9,25H,10H2,(H,26,27). The number of carbonyl (C=O) groups is 1. The van der Waals surface area contributed by atoms with E-state index in [1.165, 1.54) is 29.6 Å². The third kappa shape index (κ3) is 4.57. The highest BCUT2D eigenvalue weighted by molar-refractivity contribution is 5.94. The maximum absolute atomic E-state index is 13.5. The average molecular weight is 394 g/mol. The summed E-state index contributed by atoms with van der Waals surface area (Å²) >= 11 is 0. The summed E-state index contributed by atoms with van der Waals surface area (Å²) in [6.07, 6.45) is -11.8. The normalized spacial score (nSPS) is 12.7. The summed E-state index contributed by atoms with van der Waals surface area (Å²) in [6, 6.07) is 10.1. The fourth-order valence-corrected chi connectivity index (χ4v) is 2.22. The van der Waals surface area contributed by atoms with E-state index in [0.29, 0.717) is 0 Å². The van der Waals surface area contributed by atoms with Crippen LogP contribution in [-0.4, -0.2) is 23.9 Å². The van der Waals surface area contributed by atoms with Crippen LogP contribution in [0.2, 0.25) is 0 Å². The molecule has 0 bridgehead atoms. The minimum Gasteiger partial charge on any atom is -0.319 e. The molecule has 0 saturated heterocycles. The van der Waals surface area contributed by atoms with E-state index >= 15 is 0 Å². The number of alkyl halides is 6. The van der Waals surface area contributed by atoms with Crippen LogP contribution in [0.4, 0.5) is 30.7 Å². The van der Waals surface area contributed by atoms with E-state index in [-0.39, 0.29) is 5.56 Å². The number of carbonyl (C=O) groups excluding carboxylic acids is 1. The highest BCUT2D eigenvalue weighted by Gasteiger charge is 2.72. The zero-order chi connectivity index (χ0) is 20.3. The van der Waals surface area contributed by atoms with Gasteiger partial charge in [0.2, 0.25) is 0 Å². The zero-order valence-corrected chi connectivity index (χ0v) is 13.5. The second-order valence-corrected chi connectivity index (χ2v) is 5.55. The first-order chi connectivity index (χ1) is 12.5. The monoisotopic (exact) mass is 394 g/mol. The molecule has 0 aliphatic carbocycles. The van der Waals surface area contributed by atoms with Crippen molar-refractivity contribution in [2.24, 2.45) is 0 Å². The predicted octanol–water partition coefficient (Wildman–Crippen LogP) is 4.17. The van der Waals surface area contributed by atoms with Gasteiger partial charge in [-0.3, -0.25) is 10.1 Å². The maximum atomic E-state index is 13.5. The maximum Gasteiger partial charge on any atom is 0.434 e. The molecule has 2 aromatic rings. The molecule has 10 heteroatoms. The molecular formula is C17H13F7N2O. The Balaban J connectivity index is 2.38. The van der Waals surface area contributed by atoms with Gasteiger partial charge < -0.3 is 5.32 Å². The molecule has 2 aromatic carbocycles. The van der Waals surface area contributed by atoms with Crippen molar-refractivity contribution in [1.29, 1.82) is 0 Å². The minimum absolute atomic E-state index is 0.145. The van der Waals surface area contributed by atoms with Gasteiger partial charge in [-0.1, -0.05) is 30.3 Å². The van der Waals surface area contributed by atoms with Gasteiger partial charge in [0.25, 0.3) is 11.6 Å². The van der Waals surface area contributed by atoms with E-state index in [9.17, 15) is 35.5 Å². The summed E-state index contributed by atoms with van der Waals surface area (Å²) in [4.78, 5) is 12.0. The summed E-state index contributed by atoms with van der Waals surface area (Å²) < 4.78 is 93.6. The molecule has 0 aromatic heterocycles. The van der Waals surface area contributed by atoms with Crippen LogP contribution < -0.4 is 10.6 Å². The van der Waals surface area contributed by atoms with Crippen molar-refractivity contribution in [3.8, 4) is 0 Å². The summed E-state index contributed by atoms with van der Waals surface area (Å²) in [5, 5.41) is 2.38. The number of hydrogen-bond acceptors (Lipinski definition) is 2. The number of halogens is 7. The van der Waals surface area contributed by atoms with Crippen molar-refractivity contribution in [3.05, 3.63) is 71.5 Å². The second kappa shape index (κ2) is 7.55. The molecule has 0 atom stereocenters. The number of hydrogen-bond donors (Lipinski definition) is 2. The van der Waals surface area contributed by atoms with Gasteiger partial charge in [-0.15, -0.1) is 0 Å². The zero-order valence-electron chi connectivity index (χ0n) is 13.5. The van der Waals surface area contributed by atoms with Crippen LogP contribution in [0.25, 0.3) is 0 Å². The largest absolute Gasteiger partial charge is 0.434 e. The number of rotatable bonds is 5. The quantitative estimate of drug-likeness (QED) is 0.591. The smallest absolute Gasteiger partial charge is 0.319 e. The Hall–Kier alpha value is -2.62. The Morgan fingerprint density at radius 2 is 1.33 bits per heavy atom. The van der Waals surface area contributed by atoms with E-state index in [1.54, 1.807) is 6.07 Å². The van der Waals surface area contributed by atoms with Gasteiger partial charge in [0.15, 0.2) is 0 Å². The van der Waals surface area contributed by atoms with Crippen LogP contribution in [0, 0.1) is 5.82 Å². The lowest BCUT2D eigenvalue weighted by molar-refractivity contribution is -0.314. The molecular weight excluding hydrogens is 381 g/mol. The Morgan fingerprint density at radius 1 is 0.815 bits per heavy atom. The van der Waals surface area contributed by atoms with Crippen molar-refractivity contribution in [3.63, 3.8) is 0 Å². The van der Waals surface area contributed by atoms with E-state index in [2.05, 4.69) is 0 Å². The summed E-state index contributed by atoms with van der Waals surface area (Å²) in [6.45, 7) is -0.816. The van der Waals surface area contributed by atoms with Crippen LogP contribution in [-0.2, 0) is 6.54 Å². The van der Waals surface area contributed by atoms with Crippen LogP contribution >= 0.6 is 0 Å². The summed E-state index contributed by atoms with van der Waals surface area (Å²) in [7, 11) is 0. The van der Waals surface area contributed by atoms with Gasteiger partial charge in [-0.05, 0) is 29.8 Å². The fraction of sp³-hybridized carbons (Fsp3) is 0.235. The first kappa shape index (κ1) is 20.7. The van der Waals surface area contributed by atoms with Crippen LogP contribution in [0.5, 0.6) is 0 Å². The lowest BCUT2D eigenvalue weighted by atomic mass is 10.1. The molecule has 3 nitrogen and oxygen atoms in total. The Bertz CT molecular complexity index is 757. The predicted molar refractivity (Wildman–Crippen MR) is 82.0 cm³/mol. The van der Waals surface area contributed by atoms with Crippen molar-refractivity contribution in [2.75, 3.05) is 0 Å². The molecule has 0 heterocycles. The van der Waals surface area contributed by atoms with Crippen LogP contribution in [0.15, 0.2) is 54.6 Å². The summed E-state index contributed by atoms with van der Waals surface area (Å²) in [5.41, 5.74) is -5.11. The topological polar surface area (TPSA) is 41.1 Å². The van der Waals surface area contributed by atoms with Crippen molar-refractivity contribution in [1.82, 2.24) is 10.6 Å². The number of nitrogens with one attached hydrogen (secondary N) is 2. The molecule has 0 fully saturated rings. The van der Waals surface area contributed by atoms with Gasteiger partial charge in [-0.2, -0.15) is 26.3 Å². The molecule has 0 radical (unpaired) electrons. The first-order valence-electron chi connectivity index (χ1n) is 7.47. The minimum atomic E-state index is -5.91. The van der Waals surface area contributed by atoms with Gasteiger partial charge >= 0.3 is 12.4 Å². The molecule has 0 unspecified atom stereocenters. The van der Waals surface area contributed by atoms with E-state index in [1.807, 2.05) is 0 Å². The van der Waals surface area contributed by atoms with Crippen molar-refractivity contribution >= 4 is 5.91 Å². The van der Waals surface area contributed by atoms with Gasteiger partial charge in [0.1, 0.15) is 5.82 Å². The Labute approximate surface area is 149 Å². The van der Waals surface area contributed by atoms with Gasteiger partial charge in [0.05, 0.1) is 0 Å². The molecule has 2 N–H and O–H groups in total. The molecule has 2 rings (SSSR count). The number of benzene rings is 2. The lowest BCUT2D eigenvalue weighted by Gasteiger charge is -2.38. The van der Waals surface area contributed by atoms with Gasteiger partial charge in [-0.25, -0.2) is 4.39 Å². The lowest BCUT2D eigenvalue weighted by Crippen LogP contribution is -2.75. The second-order valence-electron chi connectivity index (χ2n) is 5.55. The van der Waals surface area contributed by atoms with Crippen molar-refractivity contribution < 1.29 is 35.5 Å². The average Bonchev–Trinajstić information content (AvgIpc) is 2.57. The Morgan fingerprint density at radius 3 is 1.81 bits per heavy atom. The molecule has 27 heavy (non-hydrogen) atoms. The van der Waals surface area contributed by atoms with Crippen molar-refractivity contribution in [2.45, 2.75) is 24.6 Å². The number of amides is 1. The third-order valence-corrected chi connectivity index (χ3v) is 3.66. The van der Waals surface area contributed by atoms with E-state index in [4.69, 9.17) is 0 Å². The fourth-order valence-electron chi connectivity index (χ4n) is 2.22. The molecule has 1 amide bonds. The third-order valence-electron chi connectivity index (χ3n) is 3.66.